The smallest absolute Gasteiger partial charge is 0.907 e. The summed E-state index contributed by atoms with van der Waals surface area (Å²) in [6.07, 6.45) is 0. The Bertz CT molecular complexity index is 118. The van der Waals surface area contributed by atoms with Gasteiger partial charge in [0, 0.05) is 0 Å². The molecule has 0 aromatic carbocycles. The average molecular weight is 1020 g/mol. The van der Waals surface area contributed by atoms with Crippen LogP contribution in [0.25, 0.3) is 0 Å². The molecule has 0 unspecified atom stereocenters. The van der Waals surface area contributed by atoms with Crippen LogP contribution in [-0.2, 0) is 0 Å². The minimum atomic E-state index is -2.92. The van der Waals surface area contributed by atoms with Gasteiger partial charge in [-0.2, -0.15) is 0 Å². The zero-order valence-electron chi connectivity index (χ0n) is 28.0. The molecule has 0 saturated heterocycles. The van der Waals surface area contributed by atoms with E-state index in [0.29, 0.717) is 0 Å². The second kappa shape index (κ2) is 183. The number of hydrogen-bond acceptors (Lipinski definition) is 15. The second-order valence-corrected chi connectivity index (χ2v) is 1.44. The minimum absolute atomic E-state index is 0. The van der Waals surface area contributed by atoms with E-state index >= 15 is 0 Å². The van der Waals surface area contributed by atoms with Gasteiger partial charge in [0.05, 0.1) is 0 Å². The summed E-state index contributed by atoms with van der Waals surface area (Å²) in [7, 11) is -14.6. The Morgan fingerprint density at radius 2 is 0.140 bits per heavy atom. The van der Waals surface area contributed by atoms with Crippen molar-refractivity contribution in [1.29, 1.82) is 0 Å². The fourth-order valence-corrected chi connectivity index (χ4v) is 0. The molecular weight excluding hydrogens is 1010 g/mol. The largest absolute Gasteiger partial charge is 1.00 e. The zero-order chi connectivity index (χ0) is 17.9. The zero-order valence-corrected chi connectivity index (χ0v) is 74.9. The molecule has 0 radical (unpaired) electrons. The van der Waals surface area contributed by atoms with Crippen LogP contribution in [0.5, 0.6) is 0 Å². The monoisotopic (exact) mass is 1020 g/mol. The van der Waals surface area contributed by atoms with Crippen LogP contribution in [0.4, 0.5) is 0 Å². The molecule has 0 bridgehead atoms. The minimum Gasteiger partial charge on any atom is -0.907 e. The van der Waals surface area contributed by atoms with Gasteiger partial charge in [-0.15, -0.1) is 0 Å². The molecule has 0 aliphatic rings. The maximum atomic E-state index is 8.42. The molecule has 184 valence electrons. The summed E-state index contributed by atoms with van der Waals surface area (Å²) in [6, 6.07) is 0. The Balaban J connectivity index is -0.00000000222. The Labute approximate surface area is 891 Å². The van der Waals surface area contributed by atoms with Crippen molar-refractivity contribution in [3.8, 4) is 0 Å². The van der Waals surface area contributed by atoms with Gasteiger partial charge in [0.1, 0.15) is 0 Å². The number of rotatable bonds is 0. The van der Waals surface area contributed by atoms with E-state index in [0.717, 1.165) is 0 Å². The van der Waals surface area contributed by atoms with Gasteiger partial charge in [-0.05, 0) is 0 Å². The van der Waals surface area contributed by atoms with Crippen molar-refractivity contribution in [3.05, 3.63) is 0 Å². The molecule has 0 aromatic rings. The first-order valence-corrected chi connectivity index (χ1v) is 3.54. The van der Waals surface area contributed by atoms with E-state index in [4.69, 9.17) is 75.4 Å². The second-order valence-electron chi connectivity index (χ2n) is 1.44. The summed E-state index contributed by atoms with van der Waals surface area (Å²) >= 11 is 0. The van der Waals surface area contributed by atoms with Crippen molar-refractivity contribution >= 4 is 36.6 Å². The molecule has 43 heavy (non-hydrogen) atoms. The Hall–Kier alpha value is 24.0. The molecule has 0 aromatic heterocycles. The topological polar surface area (TPSA) is 598 Å². The van der Waals surface area contributed by atoms with E-state index in [1.807, 2.05) is 0 Å². The maximum Gasteiger partial charge on any atom is 1.00 e. The van der Waals surface area contributed by atoms with Crippen LogP contribution in [0.1, 0.15) is 0 Å². The van der Waals surface area contributed by atoms with Gasteiger partial charge in [0.15, 0.2) is 0 Å². The summed E-state index contributed by atoms with van der Waals surface area (Å²) in [6.45, 7) is 0. The normalized spacial score (nSPS) is 3.14. The first-order chi connectivity index (χ1) is 8.66. The van der Waals surface area contributed by atoms with Gasteiger partial charge in [-0.3, -0.25) is 36.6 Å². The Kier molecular flexibility index (Phi) is 819. The van der Waals surface area contributed by atoms with Crippen molar-refractivity contribution < 1.29 is 890 Å². The van der Waals surface area contributed by atoms with Crippen molar-refractivity contribution in [2.24, 2.45) is 0 Å². The SMILES string of the molecule is O.O.O.O.O.O.O.O.[K+].[K+].[K+].[K+].[K+].[K+].[K+].[K+].[K+].[K+].[K+].[K+].[K+].[K+].[K+].[O-]B([O-])[O-].[O-]B([O-])[O-].[O-]B([O-])[O-].[O-]B([O-])[O-].[O-]B([O-])[O-]. The van der Waals surface area contributed by atoms with Crippen LogP contribution >= 0.6 is 0 Å². The average Bonchev–Trinajstić information content (AvgIpc) is 1.94. The molecule has 0 fully saturated rings. The fraction of sp³-hybridized carbons (Fsp3) is 0. The van der Waals surface area contributed by atoms with Crippen molar-refractivity contribution in [2.75, 3.05) is 0 Å². The predicted molar refractivity (Wildman–Crippen MR) is 57.7 cm³/mol. The van der Waals surface area contributed by atoms with Gasteiger partial charge in [0.25, 0.3) is 0 Å². The van der Waals surface area contributed by atoms with Crippen LogP contribution < -0.4 is 846 Å². The van der Waals surface area contributed by atoms with Crippen LogP contribution in [0, 0.1) is 0 Å². The summed E-state index contributed by atoms with van der Waals surface area (Å²) in [4.78, 5) is 0. The van der Waals surface area contributed by atoms with E-state index in [1.54, 1.807) is 0 Å². The van der Waals surface area contributed by atoms with Crippen molar-refractivity contribution in [2.45, 2.75) is 0 Å². The van der Waals surface area contributed by atoms with Crippen LogP contribution in [0.2, 0.25) is 0 Å². The maximum absolute atomic E-state index is 8.42. The van der Waals surface area contributed by atoms with E-state index in [1.165, 1.54) is 0 Å². The molecule has 0 saturated carbocycles. The van der Waals surface area contributed by atoms with Gasteiger partial charge in [-0.25, -0.2) is 0 Å². The number of hydrogen-bond donors (Lipinski definition) is 0. The van der Waals surface area contributed by atoms with E-state index < -0.39 is 36.6 Å². The summed E-state index contributed by atoms with van der Waals surface area (Å²) in [5, 5.41) is 126. The fourth-order valence-electron chi connectivity index (χ4n) is 0. The third-order valence-electron chi connectivity index (χ3n) is 0. The molecule has 0 aliphatic heterocycles. The molecule has 43 heteroatoms. The Morgan fingerprint density at radius 3 is 0.140 bits per heavy atom. The van der Waals surface area contributed by atoms with Gasteiger partial charge < -0.3 is 119 Å². The van der Waals surface area contributed by atoms with E-state index in [2.05, 4.69) is 0 Å². The van der Waals surface area contributed by atoms with Crippen molar-refractivity contribution in [3.63, 3.8) is 0 Å². The van der Waals surface area contributed by atoms with E-state index in [9.17, 15) is 0 Å². The first-order valence-electron chi connectivity index (χ1n) is 3.54. The van der Waals surface area contributed by atoms with Gasteiger partial charge >= 0.3 is 771 Å². The molecule has 0 atom stereocenters. The summed E-state index contributed by atoms with van der Waals surface area (Å²) in [5.41, 5.74) is 0. The van der Waals surface area contributed by atoms with Crippen molar-refractivity contribution in [1.82, 2.24) is 0 Å². The summed E-state index contributed by atoms with van der Waals surface area (Å²) in [5.74, 6) is 0. The molecule has 0 spiro atoms. The van der Waals surface area contributed by atoms with Gasteiger partial charge in [-0.1, -0.05) is 0 Å². The summed E-state index contributed by atoms with van der Waals surface area (Å²) < 4.78 is 0. The molecule has 16 N–H and O–H groups in total. The third-order valence-corrected chi connectivity index (χ3v) is 0. The van der Waals surface area contributed by atoms with Crippen LogP contribution in [0.3, 0.4) is 0 Å². The molecule has 23 nitrogen and oxygen atoms in total. The molecule has 0 heterocycles. The van der Waals surface area contributed by atoms with Gasteiger partial charge in [0.2, 0.25) is 0 Å². The quantitative estimate of drug-likeness (QED) is 0.203. The van der Waals surface area contributed by atoms with E-state index in [-0.39, 0.29) is 815 Å². The predicted octanol–water partition coefficient (Wildman–Crippen LogP) is -71.3. The molecular formula is H16B5K15O23. The van der Waals surface area contributed by atoms with Crippen LogP contribution in [0.15, 0.2) is 0 Å². The van der Waals surface area contributed by atoms with Crippen LogP contribution in [-0.4, -0.2) is 80.4 Å². The molecule has 0 aliphatic carbocycles. The third kappa shape index (κ3) is 470. The standard InChI is InChI=1S/5BO3.15K.8H2O/c5*2-1(3)4;;;;;;;;;;;;;;;;;;;;;;;/h;;;;;;;;;;;;;;;;;;;;8*1H2/q5*-3;15*+1;;;;;;;;. The molecule has 0 rings (SSSR count). The first kappa shape index (κ1) is 192. The molecule has 0 amide bonds. The Morgan fingerprint density at radius 1 is 0.140 bits per heavy atom.